The van der Waals surface area contributed by atoms with Crippen molar-refractivity contribution < 1.29 is 9.59 Å². The molecule has 0 saturated heterocycles. The van der Waals surface area contributed by atoms with Crippen LogP contribution in [0.5, 0.6) is 0 Å². The highest BCUT2D eigenvalue weighted by atomic mass is 32.2. The maximum absolute atomic E-state index is 13.3. The normalized spacial score (nSPS) is 11.9. The molecule has 0 spiro atoms. The SMILES string of the molecule is CCC(C(=O)NCC(C)C)N(Cc1cccc(C)c1)C(=O)CCSc1ccc(C)cc1. The molecule has 1 N–H and O–H groups in total. The van der Waals surface area contributed by atoms with E-state index in [2.05, 4.69) is 56.4 Å². The van der Waals surface area contributed by atoms with Gasteiger partial charge in [0.2, 0.25) is 11.8 Å². The van der Waals surface area contributed by atoms with Crippen molar-refractivity contribution in [1.29, 1.82) is 0 Å². The Morgan fingerprint density at radius 1 is 1.03 bits per heavy atom. The molecule has 0 fully saturated rings. The standard InChI is InChI=1S/C26H36N2O2S/c1-6-24(26(30)27-17-19(2)3)28(18-22-9-7-8-21(5)16-22)25(29)14-15-31-23-12-10-20(4)11-13-23/h7-13,16,19,24H,6,14-15,17-18H2,1-5H3,(H,27,30). The molecule has 5 heteroatoms. The number of carbonyl (C=O) groups excluding carboxylic acids is 2. The van der Waals surface area contributed by atoms with E-state index in [1.807, 2.05) is 32.0 Å². The molecule has 0 bridgehead atoms. The summed E-state index contributed by atoms with van der Waals surface area (Å²) in [6.45, 7) is 11.3. The molecule has 0 aliphatic rings. The number of carbonyl (C=O) groups is 2. The summed E-state index contributed by atoms with van der Waals surface area (Å²) in [7, 11) is 0. The van der Waals surface area contributed by atoms with Crippen LogP contribution in [0.25, 0.3) is 0 Å². The summed E-state index contributed by atoms with van der Waals surface area (Å²) in [6, 6.07) is 16.0. The second kappa shape index (κ2) is 12.6. The lowest BCUT2D eigenvalue weighted by Gasteiger charge is -2.31. The monoisotopic (exact) mass is 440 g/mol. The predicted molar refractivity (Wildman–Crippen MR) is 130 cm³/mol. The topological polar surface area (TPSA) is 49.4 Å². The third-order valence-electron chi connectivity index (χ3n) is 5.11. The van der Waals surface area contributed by atoms with Crippen LogP contribution in [0.2, 0.25) is 0 Å². The molecular weight excluding hydrogens is 404 g/mol. The van der Waals surface area contributed by atoms with E-state index in [4.69, 9.17) is 0 Å². The van der Waals surface area contributed by atoms with Crippen LogP contribution in [0.3, 0.4) is 0 Å². The lowest BCUT2D eigenvalue weighted by Crippen LogP contribution is -2.49. The van der Waals surface area contributed by atoms with Gasteiger partial charge in [-0.25, -0.2) is 0 Å². The Kier molecular flexibility index (Phi) is 10.1. The van der Waals surface area contributed by atoms with Crippen LogP contribution in [-0.4, -0.2) is 35.1 Å². The van der Waals surface area contributed by atoms with Crippen molar-refractivity contribution in [3.05, 3.63) is 65.2 Å². The van der Waals surface area contributed by atoms with Crippen molar-refractivity contribution >= 4 is 23.6 Å². The average molecular weight is 441 g/mol. The fraction of sp³-hybridized carbons (Fsp3) is 0.462. The summed E-state index contributed by atoms with van der Waals surface area (Å²) >= 11 is 1.68. The van der Waals surface area contributed by atoms with Crippen LogP contribution in [-0.2, 0) is 16.1 Å². The molecule has 2 amide bonds. The first kappa shape index (κ1) is 25.0. The van der Waals surface area contributed by atoms with E-state index >= 15 is 0 Å². The molecule has 2 aromatic rings. The average Bonchev–Trinajstić information content (AvgIpc) is 2.73. The molecule has 0 aliphatic carbocycles. The van der Waals surface area contributed by atoms with Crippen molar-refractivity contribution in [1.82, 2.24) is 10.2 Å². The molecule has 31 heavy (non-hydrogen) atoms. The Bertz CT molecular complexity index is 849. The zero-order chi connectivity index (χ0) is 22.8. The number of nitrogens with one attached hydrogen (secondary N) is 1. The summed E-state index contributed by atoms with van der Waals surface area (Å²) in [5.74, 6) is 1.01. The van der Waals surface area contributed by atoms with Gasteiger partial charge in [-0.2, -0.15) is 0 Å². The highest BCUT2D eigenvalue weighted by Crippen LogP contribution is 2.21. The molecule has 2 rings (SSSR count). The molecule has 0 heterocycles. The molecular formula is C26H36N2O2S. The van der Waals surface area contributed by atoms with E-state index in [0.717, 1.165) is 16.0 Å². The smallest absolute Gasteiger partial charge is 0.242 e. The fourth-order valence-electron chi connectivity index (χ4n) is 3.38. The Morgan fingerprint density at radius 3 is 2.35 bits per heavy atom. The minimum atomic E-state index is -0.462. The summed E-state index contributed by atoms with van der Waals surface area (Å²) < 4.78 is 0. The zero-order valence-corrected chi connectivity index (χ0v) is 20.3. The third kappa shape index (κ3) is 8.41. The van der Waals surface area contributed by atoms with Crippen molar-refractivity contribution in [3.63, 3.8) is 0 Å². The highest BCUT2D eigenvalue weighted by molar-refractivity contribution is 7.99. The second-order valence-electron chi connectivity index (χ2n) is 8.49. The minimum Gasteiger partial charge on any atom is -0.354 e. The van der Waals surface area contributed by atoms with Crippen molar-refractivity contribution in [3.8, 4) is 0 Å². The number of aryl methyl sites for hydroxylation is 2. The van der Waals surface area contributed by atoms with Crippen LogP contribution in [0, 0.1) is 19.8 Å². The van der Waals surface area contributed by atoms with Gasteiger partial charge < -0.3 is 10.2 Å². The van der Waals surface area contributed by atoms with Gasteiger partial charge >= 0.3 is 0 Å². The van der Waals surface area contributed by atoms with Crippen LogP contribution in [0.4, 0.5) is 0 Å². The molecule has 0 radical (unpaired) electrons. The Hall–Kier alpha value is -2.27. The first-order valence-electron chi connectivity index (χ1n) is 11.1. The number of hydrogen-bond donors (Lipinski definition) is 1. The van der Waals surface area contributed by atoms with Crippen LogP contribution in [0.1, 0.15) is 50.3 Å². The second-order valence-corrected chi connectivity index (χ2v) is 9.65. The molecule has 2 aromatic carbocycles. The Labute approximate surface area is 191 Å². The number of rotatable bonds is 11. The molecule has 4 nitrogen and oxygen atoms in total. The quantitative estimate of drug-likeness (QED) is 0.478. The van der Waals surface area contributed by atoms with Gasteiger partial charge in [-0.05, 0) is 43.9 Å². The molecule has 1 unspecified atom stereocenters. The Morgan fingerprint density at radius 2 is 1.74 bits per heavy atom. The predicted octanol–water partition coefficient (Wildman–Crippen LogP) is 5.37. The zero-order valence-electron chi connectivity index (χ0n) is 19.5. The number of hydrogen-bond acceptors (Lipinski definition) is 3. The lowest BCUT2D eigenvalue weighted by atomic mass is 10.1. The first-order chi connectivity index (χ1) is 14.8. The van der Waals surface area contributed by atoms with Gasteiger partial charge in [0, 0.05) is 30.2 Å². The van der Waals surface area contributed by atoms with Gasteiger partial charge in [0.05, 0.1) is 0 Å². The number of benzene rings is 2. The summed E-state index contributed by atoms with van der Waals surface area (Å²) in [4.78, 5) is 29.1. The summed E-state index contributed by atoms with van der Waals surface area (Å²) in [5, 5.41) is 3.01. The summed E-state index contributed by atoms with van der Waals surface area (Å²) in [6.07, 6.45) is 0.991. The number of thioether (sulfide) groups is 1. The first-order valence-corrected chi connectivity index (χ1v) is 12.1. The number of nitrogens with zero attached hydrogens (tertiary/aromatic N) is 1. The lowest BCUT2D eigenvalue weighted by molar-refractivity contribution is -0.141. The molecule has 0 aromatic heterocycles. The number of amides is 2. The van der Waals surface area contributed by atoms with Crippen molar-refractivity contribution in [2.24, 2.45) is 5.92 Å². The third-order valence-corrected chi connectivity index (χ3v) is 6.13. The van der Waals surface area contributed by atoms with Crippen LogP contribution < -0.4 is 5.32 Å². The highest BCUT2D eigenvalue weighted by Gasteiger charge is 2.28. The van der Waals surface area contributed by atoms with E-state index in [1.54, 1.807) is 16.7 Å². The van der Waals surface area contributed by atoms with Gasteiger partial charge in [-0.1, -0.05) is 68.3 Å². The van der Waals surface area contributed by atoms with E-state index in [9.17, 15) is 9.59 Å². The summed E-state index contributed by atoms with van der Waals surface area (Å²) in [5.41, 5.74) is 3.43. The largest absolute Gasteiger partial charge is 0.354 e. The molecule has 0 saturated carbocycles. The van der Waals surface area contributed by atoms with E-state index in [-0.39, 0.29) is 11.8 Å². The van der Waals surface area contributed by atoms with Gasteiger partial charge in [0.1, 0.15) is 6.04 Å². The van der Waals surface area contributed by atoms with Gasteiger partial charge in [0.15, 0.2) is 0 Å². The Balaban J connectivity index is 2.11. The van der Waals surface area contributed by atoms with E-state index in [1.165, 1.54) is 5.56 Å². The van der Waals surface area contributed by atoms with Gasteiger partial charge in [0.25, 0.3) is 0 Å². The van der Waals surface area contributed by atoms with Crippen LogP contribution >= 0.6 is 11.8 Å². The van der Waals surface area contributed by atoms with E-state index < -0.39 is 6.04 Å². The van der Waals surface area contributed by atoms with Crippen molar-refractivity contribution in [2.45, 2.75) is 64.9 Å². The molecule has 0 aliphatic heterocycles. The van der Waals surface area contributed by atoms with E-state index in [0.29, 0.717) is 37.6 Å². The fourth-order valence-corrected chi connectivity index (χ4v) is 4.22. The molecule has 168 valence electrons. The minimum absolute atomic E-state index is 0.0210. The maximum Gasteiger partial charge on any atom is 0.242 e. The van der Waals surface area contributed by atoms with Gasteiger partial charge in [-0.15, -0.1) is 11.8 Å². The van der Waals surface area contributed by atoms with Crippen molar-refractivity contribution in [2.75, 3.05) is 12.3 Å². The van der Waals surface area contributed by atoms with Crippen LogP contribution in [0.15, 0.2) is 53.4 Å². The maximum atomic E-state index is 13.3. The van der Waals surface area contributed by atoms with Gasteiger partial charge in [-0.3, -0.25) is 9.59 Å². The molecule has 1 atom stereocenters.